The Bertz CT molecular complexity index is 777. The summed E-state index contributed by atoms with van der Waals surface area (Å²) in [6, 6.07) is 10.1. The molecule has 0 fully saturated rings. The molecule has 7 heteroatoms. The molecular formula is C18H19FN2O4. The highest BCUT2D eigenvalue weighted by atomic mass is 19.1. The van der Waals surface area contributed by atoms with Gasteiger partial charge in [-0.25, -0.2) is 4.39 Å². The lowest BCUT2D eigenvalue weighted by molar-refractivity contribution is -0.385. The molecule has 2 aromatic rings. The van der Waals surface area contributed by atoms with Crippen LogP contribution in [0.15, 0.2) is 42.5 Å². The summed E-state index contributed by atoms with van der Waals surface area (Å²) >= 11 is 0. The second kappa shape index (κ2) is 7.74. The average molecular weight is 346 g/mol. The van der Waals surface area contributed by atoms with Crippen LogP contribution in [0.25, 0.3) is 0 Å². The molecule has 0 aliphatic rings. The van der Waals surface area contributed by atoms with Crippen LogP contribution in [0.5, 0.6) is 5.75 Å². The zero-order valence-corrected chi connectivity index (χ0v) is 14.2. The van der Waals surface area contributed by atoms with Crippen LogP contribution in [0.1, 0.15) is 24.1 Å². The third kappa shape index (κ3) is 4.53. The number of aryl methyl sites for hydroxylation is 1. The number of carbonyl (C=O) groups excluding carboxylic acids is 1. The molecule has 0 aliphatic carbocycles. The Morgan fingerprint density at radius 1 is 1.28 bits per heavy atom. The number of ether oxygens (including phenoxy) is 1. The molecule has 1 atom stereocenters. The van der Waals surface area contributed by atoms with Gasteiger partial charge in [0.25, 0.3) is 5.91 Å². The van der Waals surface area contributed by atoms with E-state index in [0.717, 1.165) is 11.1 Å². The molecule has 2 rings (SSSR count). The van der Waals surface area contributed by atoms with Gasteiger partial charge in [0.05, 0.1) is 11.0 Å². The molecule has 1 amide bonds. The van der Waals surface area contributed by atoms with Crippen LogP contribution in [0.4, 0.5) is 10.1 Å². The van der Waals surface area contributed by atoms with Crippen LogP contribution in [0, 0.1) is 22.9 Å². The zero-order chi connectivity index (χ0) is 18.6. The lowest BCUT2D eigenvalue weighted by atomic mass is 10.1. The summed E-state index contributed by atoms with van der Waals surface area (Å²) in [4.78, 5) is 24.3. The van der Waals surface area contributed by atoms with Crippen molar-refractivity contribution in [3.8, 4) is 5.75 Å². The molecule has 2 aromatic carbocycles. The van der Waals surface area contributed by atoms with Crippen molar-refractivity contribution in [3.05, 3.63) is 69.5 Å². The fourth-order valence-electron chi connectivity index (χ4n) is 2.31. The molecule has 0 aromatic heterocycles. The number of benzene rings is 2. The SMILES string of the molecule is Cc1ccc([N+](=O)[O-])c(OCC(=O)N(C)C(C)c2ccc(F)cc2)c1. The lowest BCUT2D eigenvalue weighted by Gasteiger charge is -2.25. The number of rotatable bonds is 6. The van der Waals surface area contributed by atoms with E-state index in [0.29, 0.717) is 0 Å². The molecule has 0 bridgehead atoms. The summed E-state index contributed by atoms with van der Waals surface area (Å²) in [6.45, 7) is 3.26. The summed E-state index contributed by atoms with van der Waals surface area (Å²) in [5.41, 5.74) is 1.38. The van der Waals surface area contributed by atoms with Crippen LogP contribution < -0.4 is 4.74 Å². The van der Waals surface area contributed by atoms with Gasteiger partial charge in [-0.3, -0.25) is 14.9 Å². The number of nitro benzene ring substituents is 1. The largest absolute Gasteiger partial charge is 0.477 e. The quantitative estimate of drug-likeness (QED) is 0.591. The summed E-state index contributed by atoms with van der Waals surface area (Å²) < 4.78 is 18.4. The number of carbonyl (C=O) groups is 1. The Kier molecular flexibility index (Phi) is 5.69. The minimum absolute atomic E-state index is 0.0567. The lowest BCUT2D eigenvalue weighted by Crippen LogP contribution is -2.33. The fraction of sp³-hybridized carbons (Fsp3) is 0.278. The molecule has 132 valence electrons. The molecule has 0 N–H and O–H groups in total. The van der Waals surface area contributed by atoms with Gasteiger partial charge in [0.15, 0.2) is 12.4 Å². The van der Waals surface area contributed by atoms with Crippen molar-refractivity contribution in [2.24, 2.45) is 0 Å². The molecule has 0 radical (unpaired) electrons. The Morgan fingerprint density at radius 2 is 1.92 bits per heavy atom. The predicted molar refractivity (Wildman–Crippen MR) is 90.9 cm³/mol. The van der Waals surface area contributed by atoms with Crippen LogP contribution in [-0.4, -0.2) is 29.4 Å². The van der Waals surface area contributed by atoms with E-state index in [2.05, 4.69) is 0 Å². The van der Waals surface area contributed by atoms with E-state index >= 15 is 0 Å². The fourth-order valence-corrected chi connectivity index (χ4v) is 2.31. The van der Waals surface area contributed by atoms with Gasteiger partial charge in [-0.1, -0.05) is 18.2 Å². The van der Waals surface area contributed by atoms with Crippen molar-refractivity contribution in [2.75, 3.05) is 13.7 Å². The van der Waals surface area contributed by atoms with Crippen molar-refractivity contribution in [2.45, 2.75) is 19.9 Å². The Labute approximate surface area is 145 Å². The minimum Gasteiger partial charge on any atom is -0.477 e. The maximum atomic E-state index is 13.0. The summed E-state index contributed by atoms with van der Waals surface area (Å²) in [6.07, 6.45) is 0. The van der Waals surface area contributed by atoms with Gasteiger partial charge < -0.3 is 9.64 Å². The number of hydrogen-bond donors (Lipinski definition) is 0. The van der Waals surface area contributed by atoms with Gasteiger partial charge in [-0.15, -0.1) is 0 Å². The Hall–Kier alpha value is -2.96. The van der Waals surface area contributed by atoms with E-state index in [1.54, 1.807) is 39.1 Å². The number of nitrogens with zero attached hydrogens (tertiary/aromatic N) is 2. The number of nitro groups is 1. The predicted octanol–water partition coefficient (Wildman–Crippen LogP) is 3.64. The Balaban J connectivity index is 2.06. The van der Waals surface area contributed by atoms with Crippen LogP contribution >= 0.6 is 0 Å². The van der Waals surface area contributed by atoms with Gasteiger partial charge >= 0.3 is 5.69 Å². The van der Waals surface area contributed by atoms with Crippen molar-refractivity contribution >= 4 is 11.6 Å². The minimum atomic E-state index is -0.551. The van der Waals surface area contributed by atoms with Crippen molar-refractivity contribution in [1.82, 2.24) is 4.90 Å². The number of amides is 1. The van der Waals surface area contributed by atoms with Crippen molar-refractivity contribution < 1.29 is 18.8 Å². The van der Waals surface area contributed by atoms with Crippen LogP contribution in [0.3, 0.4) is 0 Å². The molecule has 6 nitrogen and oxygen atoms in total. The average Bonchev–Trinajstić information content (AvgIpc) is 2.58. The first-order valence-corrected chi connectivity index (χ1v) is 7.68. The van der Waals surface area contributed by atoms with Gasteiger partial charge in [-0.2, -0.15) is 0 Å². The molecular weight excluding hydrogens is 327 g/mol. The standard InChI is InChI=1S/C18H19FN2O4/c1-12-4-9-16(21(23)24)17(10-12)25-11-18(22)20(3)13(2)14-5-7-15(19)8-6-14/h4-10,13H,11H2,1-3H3. The van der Waals surface area contributed by atoms with Crippen LogP contribution in [0.2, 0.25) is 0 Å². The number of likely N-dealkylation sites (N-methyl/N-ethyl adjacent to an activating group) is 1. The monoisotopic (exact) mass is 346 g/mol. The van der Waals surface area contributed by atoms with E-state index in [1.807, 2.05) is 0 Å². The highest BCUT2D eigenvalue weighted by Crippen LogP contribution is 2.28. The highest BCUT2D eigenvalue weighted by Gasteiger charge is 2.20. The maximum absolute atomic E-state index is 13.0. The third-order valence-electron chi connectivity index (χ3n) is 3.99. The topological polar surface area (TPSA) is 72.7 Å². The van der Waals surface area contributed by atoms with E-state index in [9.17, 15) is 19.3 Å². The molecule has 0 heterocycles. The molecule has 0 spiro atoms. The molecule has 1 unspecified atom stereocenters. The third-order valence-corrected chi connectivity index (χ3v) is 3.99. The zero-order valence-electron chi connectivity index (χ0n) is 14.2. The number of hydrogen-bond acceptors (Lipinski definition) is 4. The summed E-state index contributed by atoms with van der Waals surface area (Å²) in [5, 5.41) is 11.0. The number of halogens is 1. The van der Waals surface area contributed by atoms with Gasteiger partial charge in [-0.05, 0) is 43.2 Å². The first kappa shape index (κ1) is 18.4. The molecule has 0 saturated heterocycles. The first-order chi connectivity index (χ1) is 11.8. The van der Waals surface area contributed by atoms with Gasteiger partial charge in [0, 0.05) is 13.1 Å². The van der Waals surface area contributed by atoms with E-state index in [4.69, 9.17) is 4.74 Å². The van der Waals surface area contributed by atoms with E-state index in [-0.39, 0.29) is 35.8 Å². The normalized spacial score (nSPS) is 11.7. The van der Waals surface area contributed by atoms with Crippen LogP contribution in [-0.2, 0) is 4.79 Å². The smallest absolute Gasteiger partial charge is 0.310 e. The van der Waals surface area contributed by atoms with E-state index < -0.39 is 4.92 Å². The molecule has 25 heavy (non-hydrogen) atoms. The molecule has 0 aliphatic heterocycles. The second-order valence-corrected chi connectivity index (χ2v) is 5.75. The highest BCUT2D eigenvalue weighted by molar-refractivity contribution is 5.78. The van der Waals surface area contributed by atoms with Crippen molar-refractivity contribution in [1.29, 1.82) is 0 Å². The Morgan fingerprint density at radius 3 is 2.52 bits per heavy atom. The summed E-state index contributed by atoms with van der Waals surface area (Å²) in [5.74, 6) is -0.631. The maximum Gasteiger partial charge on any atom is 0.310 e. The van der Waals surface area contributed by atoms with Gasteiger partial charge in [0.1, 0.15) is 5.82 Å². The second-order valence-electron chi connectivity index (χ2n) is 5.75. The molecule has 0 saturated carbocycles. The van der Waals surface area contributed by atoms with Gasteiger partial charge in [0.2, 0.25) is 0 Å². The summed E-state index contributed by atoms with van der Waals surface area (Å²) in [7, 11) is 1.60. The van der Waals surface area contributed by atoms with E-state index in [1.165, 1.54) is 29.2 Å². The first-order valence-electron chi connectivity index (χ1n) is 7.68. The van der Waals surface area contributed by atoms with Crippen molar-refractivity contribution in [3.63, 3.8) is 0 Å².